The molecule has 1 aliphatic heterocycles. The molecule has 0 saturated carbocycles. The summed E-state index contributed by atoms with van der Waals surface area (Å²) in [6.45, 7) is 12.7. The zero-order valence-electron chi connectivity index (χ0n) is 19.6. The fourth-order valence-electron chi connectivity index (χ4n) is 4.28. The molecular weight excluding hydrogens is 499 g/mol. The average molecular weight is 539 g/mol. The lowest BCUT2D eigenvalue weighted by molar-refractivity contribution is 0.134. The van der Waals surface area contributed by atoms with Crippen molar-refractivity contribution in [2.75, 3.05) is 20.1 Å². The maximum absolute atomic E-state index is 4.57. The number of guanidine groups is 1. The Labute approximate surface area is 204 Å². The predicted molar refractivity (Wildman–Crippen MR) is 140 cm³/mol. The van der Waals surface area contributed by atoms with Crippen molar-refractivity contribution in [3.05, 3.63) is 53.3 Å². The maximum Gasteiger partial charge on any atom is 0.191 e. The summed E-state index contributed by atoms with van der Waals surface area (Å²) in [6.07, 6.45) is 2.27. The number of aryl methyl sites for hydroxylation is 2. The number of hydrogen-bond acceptors (Lipinski definition) is 3. The second-order valence-corrected chi connectivity index (χ2v) is 8.84. The van der Waals surface area contributed by atoms with E-state index in [1.165, 1.54) is 11.3 Å². The van der Waals surface area contributed by atoms with E-state index in [1.54, 1.807) is 0 Å². The van der Waals surface area contributed by atoms with Crippen LogP contribution < -0.4 is 10.6 Å². The molecule has 1 aromatic carbocycles. The Morgan fingerprint density at radius 1 is 1.26 bits per heavy atom. The van der Waals surface area contributed by atoms with Crippen molar-refractivity contribution in [1.29, 1.82) is 0 Å². The second kappa shape index (κ2) is 12.4. The minimum Gasteiger partial charge on any atom is -0.356 e. The molecule has 1 aliphatic rings. The van der Waals surface area contributed by atoms with E-state index < -0.39 is 0 Å². The van der Waals surface area contributed by atoms with Crippen LogP contribution in [0.5, 0.6) is 0 Å². The third kappa shape index (κ3) is 7.79. The first-order valence-electron chi connectivity index (χ1n) is 11.2. The molecule has 3 rings (SSSR count). The highest BCUT2D eigenvalue weighted by atomic mass is 127. The van der Waals surface area contributed by atoms with Gasteiger partial charge in [-0.15, -0.1) is 24.0 Å². The molecule has 0 amide bonds. The lowest BCUT2D eigenvalue weighted by atomic mass is 9.97. The molecule has 3 unspecified atom stereocenters. The number of nitrogens with zero attached hydrogens (tertiary/aromatic N) is 4. The molecular formula is C24H39IN6. The number of piperidine rings is 1. The molecule has 1 aromatic heterocycles. The van der Waals surface area contributed by atoms with Crippen molar-refractivity contribution >= 4 is 29.9 Å². The zero-order chi connectivity index (χ0) is 21.5. The number of rotatable bonds is 7. The van der Waals surface area contributed by atoms with E-state index >= 15 is 0 Å². The van der Waals surface area contributed by atoms with E-state index in [1.807, 2.05) is 14.0 Å². The maximum atomic E-state index is 4.57. The van der Waals surface area contributed by atoms with Crippen LogP contribution in [0.1, 0.15) is 43.6 Å². The van der Waals surface area contributed by atoms with Gasteiger partial charge in [-0.1, -0.05) is 37.3 Å². The van der Waals surface area contributed by atoms with Gasteiger partial charge in [-0.3, -0.25) is 14.6 Å². The van der Waals surface area contributed by atoms with Gasteiger partial charge in [0.2, 0.25) is 0 Å². The van der Waals surface area contributed by atoms with Crippen LogP contribution in [-0.2, 0) is 13.1 Å². The Bertz CT molecular complexity index is 819. The van der Waals surface area contributed by atoms with Crippen LogP contribution >= 0.6 is 24.0 Å². The van der Waals surface area contributed by atoms with Gasteiger partial charge >= 0.3 is 0 Å². The molecule has 2 N–H and O–H groups in total. The summed E-state index contributed by atoms with van der Waals surface area (Å²) in [7, 11) is 1.86. The average Bonchev–Trinajstić information content (AvgIpc) is 3.04. The minimum atomic E-state index is 0. The van der Waals surface area contributed by atoms with Crippen LogP contribution in [0, 0.1) is 19.8 Å². The van der Waals surface area contributed by atoms with Crippen LogP contribution in [0.2, 0.25) is 0 Å². The van der Waals surface area contributed by atoms with E-state index in [-0.39, 0.29) is 24.0 Å². The highest BCUT2D eigenvalue weighted by Crippen LogP contribution is 2.20. The van der Waals surface area contributed by atoms with Crippen molar-refractivity contribution in [2.45, 2.75) is 65.7 Å². The van der Waals surface area contributed by atoms with Gasteiger partial charge in [-0.05, 0) is 51.2 Å². The Hall–Kier alpha value is -1.61. The van der Waals surface area contributed by atoms with Crippen LogP contribution in [0.3, 0.4) is 0 Å². The van der Waals surface area contributed by atoms with E-state index in [0.717, 1.165) is 50.7 Å². The third-order valence-electron chi connectivity index (χ3n) is 6.01. The minimum absolute atomic E-state index is 0. The first kappa shape index (κ1) is 25.6. The topological polar surface area (TPSA) is 57.5 Å². The van der Waals surface area contributed by atoms with Crippen molar-refractivity contribution in [3.8, 4) is 0 Å². The Balaban J connectivity index is 0.00000341. The molecule has 0 bridgehead atoms. The number of aliphatic imine (C=N–C) groups is 1. The van der Waals surface area contributed by atoms with Crippen molar-refractivity contribution in [3.63, 3.8) is 0 Å². The summed E-state index contributed by atoms with van der Waals surface area (Å²) in [6, 6.07) is 13.9. The summed E-state index contributed by atoms with van der Waals surface area (Å²) >= 11 is 0. The van der Waals surface area contributed by atoms with Gasteiger partial charge in [0.1, 0.15) is 0 Å². The van der Waals surface area contributed by atoms with Gasteiger partial charge in [0.25, 0.3) is 0 Å². The lowest BCUT2D eigenvalue weighted by Gasteiger charge is -2.38. The van der Waals surface area contributed by atoms with Crippen LogP contribution in [-0.4, -0.2) is 52.9 Å². The molecule has 0 spiro atoms. The fourth-order valence-corrected chi connectivity index (χ4v) is 4.28. The SMILES string of the molecule is CN=C(NCC(C)Cn1nc(C)cc1C)NC1CCN(Cc2ccccc2)C(C)C1.I. The molecule has 0 aliphatic carbocycles. The standard InChI is InChI=1S/C24H38N6.HI/c1-18(16-30-21(4)13-19(2)28-30)15-26-24(25-5)27-23-11-12-29(20(3)14-23)17-22-9-7-6-8-10-22;/h6-10,13,18,20,23H,11-12,14-17H2,1-5H3,(H2,25,26,27);1H. The molecule has 6 nitrogen and oxygen atoms in total. The first-order valence-corrected chi connectivity index (χ1v) is 11.2. The fraction of sp³-hybridized carbons (Fsp3) is 0.583. The zero-order valence-corrected chi connectivity index (χ0v) is 22.0. The lowest BCUT2D eigenvalue weighted by Crippen LogP contribution is -2.51. The van der Waals surface area contributed by atoms with Crippen molar-refractivity contribution in [1.82, 2.24) is 25.3 Å². The second-order valence-electron chi connectivity index (χ2n) is 8.84. The summed E-state index contributed by atoms with van der Waals surface area (Å²) in [5, 5.41) is 11.7. The van der Waals surface area contributed by atoms with Gasteiger partial charge in [0.15, 0.2) is 5.96 Å². The quantitative estimate of drug-likeness (QED) is 0.318. The van der Waals surface area contributed by atoms with Crippen molar-refractivity contribution < 1.29 is 0 Å². The summed E-state index contributed by atoms with van der Waals surface area (Å²) in [5.74, 6) is 1.37. The van der Waals surface area contributed by atoms with Crippen LogP contribution in [0.15, 0.2) is 41.4 Å². The van der Waals surface area contributed by atoms with Crippen LogP contribution in [0.25, 0.3) is 0 Å². The van der Waals surface area contributed by atoms with E-state index in [0.29, 0.717) is 18.0 Å². The molecule has 0 radical (unpaired) electrons. The molecule has 31 heavy (non-hydrogen) atoms. The highest BCUT2D eigenvalue weighted by Gasteiger charge is 2.26. The summed E-state index contributed by atoms with van der Waals surface area (Å²) < 4.78 is 2.10. The highest BCUT2D eigenvalue weighted by molar-refractivity contribution is 14.0. The van der Waals surface area contributed by atoms with Gasteiger partial charge in [-0.25, -0.2) is 0 Å². The van der Waals surface area contributed by atoms with Gasteiger partial charge < -0.3 is 10.6 Å². The number of nitrogens with one attached hydrogen (secondary N) is 2. The van der Waals surface area contributed by atoms with Gasteiger partial charge in [0.05, 0.1) is 5.69 Å². The Morgan fingerprint density at radius 2 is 2.00 bits per heavy atom. The molecule has 2 aromatic rings. The van der Waals surface area contributed by atoms with Gasteiger partial charge in [0, 0.05) is 51.0 Å². The molecule has 2 heterocycles. The monoisotopic (exact) mass is 538 g/mol. The number of hydrogen-bond donors (Lipinski definition) is 2. The van der Waals surface area contributed by atoms with Gasteiger partial charge in [-0.2, -0.15) is 5.10 Å². The molecule has 1 saturated heterocycles. The largest absolute Gasteiger partial charge is 0.356 e. The van der Waals surface area contributed by atoms with Crippen LogP contribution in [0.4, 0.5) is 0 Å². The summed E-state index contributed by atoms with van der Waals surface area (Å²) in [5.41, 5.74) is 3.70. The summed E-state index contributed by atoms with van der Waals surface area (Å²) in [4.78, 5) is 7.04. The first-order chi connectivity index (χ1) is 14.4. The number of benzene rings is 1. The molecule has 172 valence electrons. The van der Waals surface area contributed by atoms with Crippen molar-refractivity contribution in [2.24, 2.45) is 10.9 Å². The third-order valence-corrected chi connectivity index (χ3v) is 6.01. The number of aromatic nitrogens is 2. The molecule has 1 fully saturated rings. The Morgan fingerprint density at radius 3 is 2.61 bits per heavy atom. The van der Waals surface area contributed by atoms with E-state index in [4.69, 9.17) is 0 Å². The number of likely N-dealkylation sites (tertiary alicyclic amines) is 1. The Kier molecular flexibility index (Phi) is 10.3. The normalized spacial score (nSPS) is 20.7. The van der Waals surface area contributed by atoms with E-state index in [2.05, 4.69) is 87.5 Å². The number of halogens is 1. The molecule has 3 atom stereocenters. The smallest absolute Gasteiger partial charge is 0.191 e. The van der Waals surface area contributed by atoms with E-state index in [9.17, 15) is 0 Å². The molecule has 7 heteroatoms. The predicted octanol–water partition coefficient (Wildman–Crippen LogP) is 3.97.